The van der Waals surface area contributed by atoms with E-state index in [1.54, 1.807) is 23.5 Å². The summed E-state index contributed by atoms with van der Waals surface area (Å²) in [7, 11) is 0. The first kappa shape index (κ1) is 15.8. The summed E-state index contributed by atoms with van der Waals surface area (Å²) >= 11 is 19.8. The van der Waals surface area contributed by atoms with Crippen molar-refractivity contribution in [3.63, 3.8) is 0 Å². The molecule has 1 heterocycles. The Morgan fingerprint density at radius 3 is 2.55 bits per heavy atom. The molecule has 0 atom stereocenters. The van der Waals surface area contributed by atoms with Gasteiger partial charge in [0.15, 0.2) is 0 Å². The van der Waals surface area contributed by atoms with Crippen LogP contribution in [0.3, 0.4) is 0 Å². The Morgan fingerprint density at radius 1 is 1.15 bits per heavy atom. The highest BCUT2D eigenvalue weighted by atomic mass is 35.5. The van der Waals surface area contributed by atoms with E-state index in [0.717, 1.165) is 22.1 Å². The molecule has 0 unspecified atom stereocenters. The van der Waals surface area contributed by atoms with Crippen LogP contribution in [0.25, 0.3) is 0 Å². The number of hydrogen-bond acceptors (Lipinski definition) is 4. The van der Waals surface area contributed by atoms with Crippen LogP contribution in [-0.4, -0.2) is 10.2 Å². The van der Waals surface area contributed by atoms with Gasteiger partial charge in [-0.2, -0.15) is 0 Å². The number of benzene rings is 1. The van der Waals surface area contributed by atoms with Crippen LogP contribution < -0.4 is 5.32 Å². The summed E-state index contributed by atoms with van der Waals surface area (Å²) in [6.45, 7) is 4.77. The largest absolute Gasteiger partial charge is 0.356 e. The van der Waals surface area contributed by atoms with Gasteiger partial charge in [0.1, 0.15) is 5.01 Å². The fourth-order valence-corrected chi connectivity index (χ4v) is 3.28. The quantitative estimate of drug-likeness (QED) is 0.743. The van der Waals surface area contributed by atoms with E-state index in [1.165, 1.54) is 0 Å². The summed E-state index contributed by atoms with van der Waals surface area (Å²) < 4.78 is 0. The van der Waals surface area contributed by atoms with E-state index in [9.17, 15) is 0 Å². The maximum absolute atomic E-state index is 6.15. The molecule has 0 aliphatic heterocycles. The van der Waals surface area contributed by atoms with Gasteiger partial charge in [0.25, 0.3) is 0 Å². The second-order valence-corrected chi connectivity index (χ2v) is 7.03. The number of nitrogens with one attached hydrogen (secondary N) is 1. The van der Waals surface area contributed by atoms with Gasteiger partial charge in [0.2, 0.25) is 5.13 Å². The zero-order valence-electron chi connectivity index (χ0n) is 11.1. The average Bonchev–Trinajstić information content (AvgIpc) is 2.81. The lowest BCUT2D eigenvalue weighted by Crippen LogP contribution is -2.00. The van der Waals surface area contributed by atoms with Gasteiger partial charge in [-0.15, -0.1) is 10.2 Å². The van der Waals surface area contributed by atoms with E-state index >= 15 is 0 Å². The fraction of sp³-hybridized carbons (Fsp3) is 0.385. The summed E-state index contributed by atoms with van der Waals surface area (Å²) in [4.78, 5) is 0. The van der Waals surface area contributed by atoms with Crippen LogP contribution in [0.4, 0.5) is 5.13 Å². The first-order valence-corrected chi connectivity index (χ1v) is 8.11. The third kappa shape index (κ3) is 3.98. The van der Waals surface area contributed by atoms with Crippen molar-refractivity contribution in [1.29, 1.82) is 0 Å². The number of nitrogens with zero attached hydrogens (tertiary/aromatic N) is 2. The van der Waals surface area contributed by atoms with E-state index in [1.807, 2.05) is 0 Å². The first-order chi connectivity index (χ1) is 9.47. The SMILES string of the molecule is CC(C)Cc1nnc(NCc2c(Cl)ccc(Cl)c2Cl)s1. The molecule has 1 N–H and O–H groups in total. The van der Waals surface area contributed by atoms with Gasteiger partial charge in [0.05, 0.1) is 10.0 Å². The van der Waals surface area contributed by atoms with E-state index in [-0.39, 0.29) is 0 Å². The third-order valence-corrected chi connectivity index (χ3v) is 4.71. The maximum atomic E-state index is 6.15. The molecule has 7 heteroatoms. The lowest BCUT2D eigenvalue weighted by atomic mass is 10.1. The third-order valence-electron chi connectivity index (χ3n) is 2.61. The number of aromatic nitrogens is 2. The molecule has 0 radical (unpaired) electrons. The van der Waals surface area contributed by atoms with E-state index in [4.69, 9.17) is 34.8 Å². The highest BCUT2D eigenvalue weighted by Crippen LogP contribution is 2.32. The number of hydrogen-bond donors (Lipinski definition) is 1. The topological polar surface area (TPSA) is 37.8 Å². The molecule has 0 fully saturated rings. The Hall–Kier alpha value is -0.550. The summed E-state index contributed by atoms with van der Waals surface area (Å²) in [5.41, 5.74) is 0.765. The van der Waals surface area contributed by atoms with Gasteiger partial charge in [-0.3, -0.25) is 0 Å². The maximum Gasteiger partial charge on any atom is 0.205 e. The number of rotatable bonds is 5. The van der Waals surface area contributed by atoms with Crippen molar-refractivity contribution in [2.24, 2.45) is 5.92 Å². The Kier molecular flexibility index (Phi) is 5.49. The Morgan fingerprint density at radius 2 is 1.85 bits per heavy atom. The first-order valence-electron chi connectivity index (χ1n) is 6.16. The molecule has 0 aliphatic carbocycles. The summed E-state index contributed by atoms with van der Waals surface area (Å²) in [6, 6.07) is 3.42. The Balaban J connectivity index is 2.06. The van der Waals surface area contributed by atoms with Crippen molar-refractivity contribution < 1.29 is 0 Å². The van der Waals surface area contributed by atoms with Crippen LogP contribution in [0.5, 0.6) is 0 Å². The van der Waals surface area contributed by atoms with Crippen molar-refractivity contribution >= 4 is 51.3 Å². The van der Waals surface area contributed by atoms with Gasteiger partial charge in [0, 0.05) is 23.6 Å². The van der Waals surface area contributed by atoms with Crippen molar-refractivity contribution in [2.45, 2.75) is 26.8 Å². The summed E-state index contributed by atoms with van der Waals surface area (Å²) in [5.74, 6) is 0.563. The van der Waals surface area contributed by atoms with Gasteiger partial charge in [-0.05, 0) is 18.1 Å². The second-order valence-electron chi connectivity index (χ2n) is 4.77. The zero-order valence-corrected chi connectivity index (χ0v) is 14.2. The predicted octanol–water partition coefficient (Wildman–Crippen LogP) is 5.31. The predicted molar refractivity (Wildman–Crippen MR) is 87.2 cm³/mol. The van der Waals surface area contributed by atoms with Gasteiger partial charge >= 0.3 is 0 Å². The average molecular weight is 351 g/mol. The highest BCUT2D eigenvalue weighted by molar-refractivity contribution is 7.15. The molecule has 108 valence electrons. The Labute approximate surface area is 137 Å². The van der Waals surface area contributed by atoms with Crippen molar-refractivity contribution in [2.75, 3.05) is 5.32 Å². The molecule has 1 aromatic carbocycles. The second kappa shape index (κ2) is 6.94. The fourth-order valence-electron chi connectivity index (χ4n) is 1.65. The van der Waals surface area contributed by atoms with Crippen LogP contribution in [0.1, 0.15) is 24.4 Å². The molecule has 0 amide bonds. The van der Waals surface area contributed by atoms with Crippen LogP contribution in [-0.2, 0) is 13.0 Å². The van der Waals surface area contributed by atoms with Crippen molar-refractivity contribution in [3.05, 3.63) is 37.8 Å². The lowest BCUT2D eigenvalue weighted by Gasteiger charge is -2.08. The van der Waals surface area contributed by atoms with Crippen molar-refractivity contribution in [1.82, 2.24) is 10.2 Å². The van der Waals surface area contributed by atoms with Crippen LogP contribution in [0, 0.1) is 5.92 Å². The van der Waals surface area contributed by atoms with Gasteiger partial charge < -0.3 is 5.32 Å². The van der Waals surface area contributed by atoms with E-state index < -0.39 is 0 Å². The molecule has 2 aromatic rings. The molecule has 0 bridgehead atoms. The minimum atomic E-state index is 0.467. The molecule has 20 heavy (non-hydrogen) atoms. The minimum absolute atomic E-state index is 0.467. The van der Waals surface area contributed by atoms with Gasteiger partial charge in [-0.1, -0.05) is 60.0 Å². The molecular formula is C13H14Cl3N3S. The van der Waals surface area contributed by atoms with Crippen molar-refractivity contribution in [3.8, 4) is 0 Å². The normalized spacial score (nSPS) is 11.1. The minimum Gasteiger partial charge on any atom is -0.356 e. The molecule has 0 aliphatic rings. The smallest absolute Gasteiger partial charge is 0.205 e. The molecule has 0 saturated carbocycles. The molecular weight excluding hydrogens is 337 g/mol. The number of halogens is 3. The monoisotopic (exact) mass is 349 g/mol. The number of anilines is 1. The molecule has 3 nitrogen and oxygen atoms in total. The van der Waals surface area contributed by atoms with E-state index in [2.05, 4.69) is 29.4 Å². The molecule has 0 spiro atoms. The van der Waals surface area contributed by atoms with Crippen LogP contribution >= 0.6 is 46.1 Å². The molecule has 1 aromatic heterocycles. The lowest BCUT2D eigenvalue weighted by molar-refractivity contribution is 0.640. The summed E-state index contributed by atoms with van der Waals surface area (Å²) in [5, 5.41) is 14.8. The van der Waals surface area contributed by atoms with Crippen LogP contribution in [0.15, 0.2) is 12.1 Å². The molecule has 2 rings (SSSR count). The molecule has 0 saturated heterocycles. The van der Waals surface area contributed by atoms with Crippen LogP contribution in [0.2, 0.25) is 15.1 Å². The van der Waals surface area contributed by atoms with Gasteiger partial charge in [-0.25, -0.2) is 0 Å². The zero-order chi connectivity index (χ0) is 14.7. The highest BCUT2D eigenvalue weighted by Gasteiger charge is 2.11. The summed E-state index contributed by atoms with van der Waals surface area (Å²) in [6.07, 6.45) is 0.929. The Bertz CT molecular complexity index is 599. The standard InChI is InChI=1S/C13H14Cl3N3S/c1-7(2)5-11-18-19-13(20-11)17-6-8-9(14)3-4-10(15)12(8)16/h3-4,7H,5-6H2,1-2H3,(H,17,19). The van der Waals surface area contributed by atoms with E-state index in [0.29, 0.717) is 27.5 Å².